The second kappa shape index (κ2) is 7.75. The van der Waals surface area contributed by atoms with Crippen molar-refractivity contribution in [3.8, 4) is 5.75 Å². The highest BCUT2D eigenvalue weighted by Gasteiger charge is 2.13. The first kappa shape index (κ1) is 16.3. The number of aryl methyl sites for hydroxylation is 1. The molecule has 1 aromatic carbocycles. The molecule has 0 fully saturated rings. The van der Waals surface area contributed by atoms with Crippen molar-refractivity contribution in [2.45, 2.75) is 32.7 Å². The molecule has 20 heavy (non-hydrogen) atoms. The number of carbonyl (C=O) groups excluding carboxylic acids is 1. The summed E-state index contributed by atoms with van der Waals surface area (Å²) in [6, 6.07) is 4.48. The van der Waals surface area contributed by atoms with Gasteiger partial charge in [-0.2, -0.15) is 0 Å². The number of carboxylic acid groups (broad SMARTS) is 1. The molecule has 2 N–H and O–H groups in total. The summed E-state index contributed by atoms with van der Waals surface area (Å²) in [5, 5.41) is 11.7. The third kappa shape index (κ3) is 5.48. The maximum atomic E-state index is 11.4. The van der Waals surface area contributed by atoms with Crippen molar-refractivity contribution < 1.29 is 19.4 Å². The highest BCUT2D eigenvalue weighted by molar-refractivity contribution is 6.31. The lowest BCUT2D eigenvalue weighted by atomic mass is 10.2. The molecule has 0 aliphatic heterocycles. The van der Waals surface area contributed by atoms with Crippen LogP contribution in [0.4, 0.5) is 0 Å². The molecule has 1 aromatic rings. The molecular formula is C14H18ClNO4. The molecule has 0 saturated carbocycles. The Labute approximate surface area is 122 Å². The number of carboxylic acids is 1. The lowest BCUT2D eigenvalue weighted by Crippen LogP contribution is -2.38. The van der Waals surface area contributed by atoms with Crippen LogP contribution in [0.25, 0.3) is 0 Å². The maximum absolute atomic E-state index is 11.4. The smallest absolute Gasteiger partial charge is 0.325 e. The molecule has 0 heterocycles. The van der Waals surface area contributed by atoms with Crippen LogP contribution in [0.3, 0.4) is 0 Å². The lowest BCUT2D eigenvalue weighted by Gasteiger charge is -2.10. The van der Waals surface area contributed by atoms with Crippen LogP contribution in [0.15, 0.2) is 18.2 Å². The number of ether oxygens (including phenoxy) is 1. The van der Waals surface area contributed by atoms with Crippen LogP contribution in [0, 0.1) is 6.92 Å². The molecule has 0 aliphatic carbocycles. The number of halogens is 1. The molecule has 1 atom stereocenters. The van der Waals surface area contributed by atoms with Gasteiger partial charge < -0.3 is 15.2 Å². The molecule has 5 nitrogen and oxygen atoms in total. The third-order valence-electron chi connectivity index (χ3n) is 2.69. The van der Waals surface area contributed by atoms with Gasteiger partial charge in [0, 0.05) is 11.4 Å². The van der Waals surface area contributed by atoms with E-state index in [-0.39, 0.29) is 12.3 Å². The molecule has 6 heteroatoms. The molecule has 0 radical (unpaired) electrons. The minimum absolute atomic E-state index is 0.226. The van der Waals surface area contributed by atoms with E-state index >= 15 is 0 Å². The van der Waals surface area contributed by atoms with E-state index in [9.17, 15) is 9.59 Å². The SMILES string of the molecule is Cc1cc(OCCCC(=O)NC(C)C(=O)O)ccc1Cl. The zero-order chi connectivity index (χ0) is 15.1. The zero-order valence-electron chi connectivity index (χ0n) is 11.5. The van der Waals surface area contributed by atoms with Crippen molar-refractivity contribution in [3.63, 3.8) is 0 Å². The number of aliphatic carboxylic acids is 1. The van der Waals surface area contributed by atoms with Crippen molar-refractivity contribution in [1.29, 1.82) is 0 Å². The Morgan fingerprint density at radius 2 is 2.15 bits per heavy atom. The van der Waals surface area contributed by atoms with Gasteiger partial charge in [0.25, 0.3) is 0 Å². The fourth-order valence-electron chi connectivity index (χ4n) is 1.51. The fraction of sp³-hybridized carbons (Fsp3) is 0.429. The molecule has 1 rings (SSSR count). The Kier molecular flexibility index (Phi) is 6.31. The molecule has 110 valence electrons. The molecule has 0 aliphatic rings. The maximum Gasteiger partial charge on any atom is 0.325 e. The average molecular weight is 300 g/mol. The second-order valence-electron chi connectivity index (χ2n) is 4.49. The monoisotopic (exact) mass is 299 g/mol. The topological polar surface area (TPSA) is 75.6 Å². The van der Waals surface area contributed by atoms with Gasteiger partial charge in [-0.1, -0.05) is 11.6 Å². The van der Waals surface area contributed by atoms with E-state index in [1.165, 1.54) is 6.92 Å². The second-order valence-corrected chi connectivity index (χ2v) is 4.90. The van der Waals surface area contributed by atoms with Gasteiger partial charge in [0.1, 0.15) is 11.8 Å². The summed E-state index contributed by atoms with van der Waals surface area (Å²) in [5.41, 5.74) is 0.928. The molecule has 0 bridgehead atoms. The average Bonchev–Trinajstić information content (AvgIpc) is 2.38. The van der Waals surface area contributed by atoms with Crippen LogP contribution < -0.4 is 10.1 Å². The fourth-order valence-corrected chi connectivity index (χ4v) is 1.62. The summed E-state index contributed by atoms with van der Waals surface area (Å²) in [5.74, 6) is -0.645. The van der Waals surface area contributed by atoms with Gasteiger partial charge in [0.2, 0.25) is 5.91 Å². The molecular weight excluding hydrogens is 282 g/mol. The van der Waals surface area contributed by atoms with Crippen molar-refractivity contribution in [1.82, 2.24) is 5.32 Å². The van der Waals surface area contributed by atoms with Crippen LogP contribution in [-0.4, -0.2) is 29.6 Å². The van der Waals surface area contributed by atoms with Gasteiger partial charge in [-0.25, -0.2) is 0 Å². The van der Waals surface area contributed by atoms with Crippen molar-refractivity contribution in [2.75, 3.05) is 6.61 Å². The Morgan fingerprint density at radius 1 is 1.45 bits per heavy atom. The van der Waals surface area contributed by atoms with Crippen molar-refractivity contribution in [3.05, 3.63) is 28.8 Å². The Hall–Kier alpha value is -1.75. The number of rotatable bonds is 7. The molecule has 1 unspecified atom stereocenters. The van der Waals surface area contributed by atoms with E-state index in [0.717, 1.165) is 5.56 Å². The van der Waals surface area contributed by atoms with Crippen LogP contribution in [0.1, 0.15) is 25.3 Å². The van der Waals surface area contributed by atoms with Crippen LogP contribution in [-0.2, 0) is 9.59 Å². The summed E-state index contributed by atoms with van der Waals surface area (Å²) in [6.45, 7) is 3.69. The number of nitrogens with one attached hydrogen (secondary N) is 1. The number of hydrogen-bond donors (Lipinski definition) is 2. The minimum Gasteiger partial charge on any atom is -0.494 e. The van der Waals surface area contributed by atoms with Gasteiger partial charge in [-0.3, -0.25) is 9.59 Å². The normalized spacial score (nSPS) is 11.8. The third-order valence-corrected chi connectivity index (χ3v) is 3.12. The standard InChI is InChI=1S/C14H18ClNO4/c1-9-8-11(5-6-12(9)15)20-7-3-4-13(17)16-10(2)14(18)19/h5-6,8,10H,3-4,7H2,1-2H3,(H,16,17)(H,18,19). The summed E-state index contributed by atoms with van der Waals surface area (Å²) in [4.78, 5) is 22.0. The summed E-state index contributed by atoms with van der Waals surface area (Å²) >= 11 is 5.90. The van der Waals surface area contributed by atoms with Crippen molar-refractivity contribution in [2.24, 2.45) is 0 Å². The first-order chi connectivity index (χ1) is 9.40. The minimum atomic E-state index is -1.05. The quantitative estimate of drug-likeness (QED) is 0.758. The first-order valence-corrected chi connectivity index (χ1v) is 6.69. The predicted octanol–water partition coefficient (Wildman–Crippen LogP) is 2.40. The Balaban J connectivity index is 2.26. The Morgan fingerprint density at radius 3 is 2.75 bits per heavy atom. The molecule has 0 spiro atoms. The number of hydrogen-bond acceptors (Lipinski definition) is 3. The molecule has 0 aromatic heterocycles. The van der Waals surface area contributed by atoms with Gasteiger partial charge in [-0.15, -0.1) is 0 Å². The summed E-state index contributed by atoms with van der Waals surface area (Å²) in [6.07, 6.45) is 0.740. The molecule has 1 amide bonds. The van der Waals surface area contributed by atoms with E-state index in [2.05, 4.69) is 5.32 Å². The summed E-state index contributed by atoms with van der Waals surface area (Å²) in [7, 11) is 0. The largest absolute Gasteiger partial charge is 0.494 e. The van der Waals surface area contributed by atoms with Gasteiger partial charge in [-0.05, 0) is 44.0 Å². The zero-order valence-corrected chi connectivity index (χ0v) is 12.2. The Bertz CT molecular complexity index is 490. The highest BCUT2D eigenvalue weighted by Crippen LogP contribution is 2.21. The van der Waals surface area contributed by atoms with Crippen LogP contribution in [0.5, 0.6) is 5.75 Å². The number of amides is 1. The first-order valence-electron chi connectivity index (χ1n) is 6.31. The van der Waals surface area contributed by atoms with E-state index in [1.54, 1.807) is 12.1 Å². The summed E-state index contributed by atoms with van der Waals surface area (Å²) < 4.78 is 5.49. The van der Waals surface area contributed by atoms with E-state index in [4.69, 9.17) is 21.4 Å². The van der Waals surface area contributed by atoms with Crippen LogP contribution in [0.2, 0.25) is 5.02 Å². The van der Waals surface area contributed by atoms with Crippen LogP contribution >= 0.6 is 11.6 Å². The van der Waals surface area contributed by atoms with Gasteiger partial charge >= 0.3 is 5.97 Å². The van der Waals surface area contributed by atoms with E-state index in [0.29, 0.717) is 23.8 Å². The predicted molar refractivity (Wildman–Crippen MR) is 76.2 cm³/mol. The lowest BCUT2D eigenvalue weighted by molar-refractivity contribution is -0.141. The van der Waals surface area contributed by atoms with E-state index < -0.39 is 12.0 Å². The van der Waals surface area contributed by atoms with Gasteiger partial charge in [0.05, 0.1) is 6.61 Å². The number of benzene rings is 1. The van der Waals surface area contributed by atoms with Gasteiger partial charge in [0.15, 0.2) is 0 Å². The highest BCUT2D eigenvalue weighted by atomic mass is 35.5. The number of carbonyl (C=O) groups is 2. The van der Waals surface area contributed by atoms with E-state index in [1.807, 2.05) is 13.0 Å². The van der Waals surface area contributed by atoms with Crippen molar-refractivity contribution >= 4 is 23.5 Å². The molecule has 0 saturated heterocycles.